The van der Waals surface area contributed by atoms with E-state index in [0.29, 0.717) is 12.5 Å². The minimum absolute atomic E-state index is 0.614. The quantitative estimate of drug-likeness (QED) is 0.543. The lowest BCUT2D eigenvalue weighted by Gasteiger charge is -2.24. The summed E-state index contributed by atoms with van der Waals surface area (Å²) in [6, 6.07) is 8.87. The molecular weight excluding hydrogens is 324 g/mol. The molecule has 5 heteroatoms. The lowest BCUT2D eigenvalue weighted by molar-refractivity contribution is 0.181. The van der Waals surface area contributed by atoms with Crippen molar-refractivity contribution < 1.29 is 4.74 Å². The zero-order chi connectivity index (χ0) is 18.8. The van der Waals surface area contributed by atoms with Crippen LogP contribution in [0.25, 0.3) is 0 Å². The third kappa shape index (κ3) is 6.61. The number of guanidine groups is 1. The molecule has 0 saturated carbocycles. The number of ether oxygens (including phenoxy) is 1. The molecule has 0 radical (unpaired) electrons. The number of benzene rings is 1. The Hall–Kier alpha value is -1.59. The van der Waals surface area contributed by atoms with Crippen LogP contribution in [0.4, 0.5) is 0 Å². The highest BCUT2D eigenvalue weighted by molar-refractivity contribution is 5.79. The number of nitrogens with one attached hydrogen (secondary N) is 1. The van der Waals surface area contributed by atoms with Gasteiger partial charge in [-0.25, -0.2) is 4.99 Å². The molecule has 1 saturated heterocycles. The highest BCUT2D eigenvalue weighted by atomic mass is 16.5. The van der Waals surface area contributed by atoms with E-state index < -0.39 is 0 Å². The molecule has 1 aromatic carbocycles. The maximum Gasteiger partial charge on any atom is 0.193 e. The molecule has 1 aliphatic heterocycles. The topological polar surface area (TPSA) is 40.1 Å². The maximum atomic E-state index is 5.49. The Morgan fingerprint density at radius 2 is 1.85 bits per heavy atom. The first-order chi connectivity index (χ1) is 12.7. The van der Waals surface area contributed by atoms with Gasteiger partial charge in [-0.3, -0.25) is 4.90 Å². The van der Waals surface area contributed by atoms with Gasteiger partial charge in [0.2, 0.25) is 0 Å². The molecule has 146 valence electrons. The number of aliphatic imine (C=N–C) groups is 1. The minimum Gasteiger partial charge on any atom is -0.381 e. The van der Waals surface area contributed by atoms with Crippen LogP contribution < -0.4 is 5.32 Å². The zero-order valence-corrected chi connectivity index (χ0v) is 17.0. The third-order valence-electron chi connectivity index (χ3n) is 4.99. The van der Waals surface area contributed by atoms with Gasteiger partial charge in [-0.2, -0.15) is 0 Å². The Morgan fingerprint density at radius 1 is 1.15 bits per heavy atom. The van der Waals surface area contributed by atoms with E-state index in [9.17, 15) is 0 Å². The van der Waals surface area contributed by atoms with Crippen LogP contribution in [0, 0.1) is 5.92 Å². The van der Waals surface area contributed by atoms with Crippen molar-refractivity contribution in [2.75, 3.05) is 46.4 Å². The molecule has 0 bridgehead atoms. The maximum absolute atomic E-state index is 5.49. The number of rotatable bonds is 9. The molecule has 1 atom stereocenters. The Morgan fingerprint density at radius 3 is 2.42 bits per heavy atom. The van der Waals surface area contributed by atoms with E-state index in [2.05, 4.69) is 67.2 Å². The highest BCUT2D eigenvalue weighted by Crippen LogP contribution is 2.14. The lowest BCUT2D eigenvalue weighted by Crippen LogP contribution is -2.41. The second-order valence-corrected chi connectivity index (χ2v) is 7.06. The van der Waals surface area contributed by atoms with Gasteiger partial charge < -0.3 is 15.0 Å². The molecule has 1 heterocycles. The molecular formula is C21H36N4O. The smallest absolute Gasteiger partial charge is 0.193 e. The number of hydrogen-bond acceptors (Lipinski definition) is 3. The fourth-order valence-electron chi connectivity index (χ4n) is 3.29. The van der Waals surface area contributed by atoms with E-state index >= 15 is 0 Å². The average molecular weight is 361 g/mol. The van der Waals surface area contributed by atoms with E-state index in [1.54, 1.807) is 0 Å². The Kier molecular flexibility index (Phi) is 8.92. The second kappa shape index (κ2) is 11.2. The van der Waals surface area contributed by atoms with Crippen LogP contribution in [-0.4, -0.2) is 62.2 Å². The van der Waals surface area contributed by atoms with Gasteiger partial charge >= 0.3 is 0 Å². The van der Waals surface area contributed by atoms with Gasteiger partial charge in [0.1, 0.15) is 0 Å². The Labute approximate surface area is 159 Å². The van der Waals surface area contributed by atoms with Crippen LogP contribution in [0.2, 0.25) is 0 Å². The molecule has 1 fully saturated rings. The second-order valence-electron chi connectivity index (χ2n) is 7.06. The normalized spacial score (nSPS) is 17.7. The summed E-state index contributed by atoms with van der Waals surface area (Å²) in [7, 11) is 2.12. The monoisotopic (exact) mass is 360 g/mol. The summed E-state index contributed by atoms with van der Waals surface area (Å²) in [4.78, 5) is 9.49. The van der Waals surface area contributed by atoms with Gasteiger partial charge in [0.25, 0.3) is 0 Å². The first kappa shape index (κ1) is 20.7. The molecule has 5 nitrogen and oxygen atoms in total. The predicted molar refractivity (Wildman–Crippen MR) is 109 cm³/mol. The molecule has 0 spiro atoms. The molecule has 26 heavy (non-hydrogen) atoms. The average Bonchev–Trinajstić information content (AvgIpc) is 3.17. The van der Waals surface area contributed by atoms with E-state index in [1.165, 1.54) is 11.1 Å². The summed E-state index contributed by atoms with van der Waals surface area (Å²) < 4.78 is 5.49. The third-order valence-corrected chi connectivity index (χ3v) is 4.99. The predicted octanol–water partition coefficient (Wildman–Crippen LogP) is 2.96. The molecule has 2 rings (SSSR count). The van der Waals surface area contributed by atoms with Crippen molar-refractivity contribution in [3.63, 3.8) is 0 Å². The van der Waals surface area contributed by atoms with Gasteiger partial charge in [-0.05, 0) is 37.6 Å². The van der Waals surface area contributed by atoms with Gasteiger partial charge in [0.05, 0.1) is 13.2 Å². The van der Waals surface area contributed by atoms with Crippen LogP contribution >= 0.6 is 0 Å². The molecule has 1 aromatic rings. The summed E-state index contributed by atoms with van der Waals surface area (Å²) in [5.41, 5.74) is 2.62. The van der Waals surface area contributed by atoms with Crippen molar-refractivity contribution in [3.8, 4) is 0 Å². The van der Waals surface area contributed by atoms with Crippen LogP contribution in [0.3, 0.4) is 0 Å². The van der Waals surface area contributed by atoms with Gasteiger partial charge in [-0.15, -0.1) is 0 Å². The van der Waals surface area contributed by atoms with Crippen LogP contribution in [0.1, 0.15) is 38.3 Å². The van der Waals surface area contributed by atoms with Crippen molar-refractivity contribution in [2.45, 2.75) is 40.3 Å². The largest absolute Gasteiger partial charge is 0.381 e. The summed E-state index contributed by atoms with van der Waals surface area (Å²) in [6.45, 7) is 14.1. The SMILES string of the molecule is CCNC(=NCc1ccc(CN(CC)CC)cc1)N(C)CC1CCOC1. The van der Waals surface area contributed by atoms with Crippen molar-refractivity contribution in [2.24, 2.45) is 10.9 Å². The highest BCUT2D eigenvalue weighted by Gasteiger charge is 2.19. The molecule has 1 aliphatic rings. The molecule has 0 aromatic heterocycles. The van der Waals surface area contributed by atoms with Crippen molar-refractivity contribution >= 4 is 5.96 Å². The summed E-state index contributed by atoms with van der Waals surface area (Å²) in [6.07, 6.45) is 1.15. The minimum atomic E-state index is 0.614. The molecule has 1 unspecified atom stereocenters. The summed E-state index contributed by atoms with van der Waals surface area (Å²) in [5.74, 6) is 1.59. The molecule has 0 aliphatic carbocycles. The van der Waals surface area contributed by atoms with Crippen molar-refractivity contribution in [1.29, 1.82) is 0 Å². The molecule has 1 N–H and O–H groups in total. The van der Waals surface area contributed by atoms with Crippen LogP contribution in [0.5, 0.6) is 0 Å². The standard InChI is InChI=1S/C21H36N4O/c1-5-22-21(24(4)15-20-12-13-26-17-20)23-14-18-8-10-19(11-9-18)16-25(6-2)7-3/h8-11,20H,5-7,12-17H2,1-4H3,(H,22,23). The Bertz CT molecular complexity index is 533. The van der Waals surface area contributed by atoms with Gasteiger partial charge in [0.15, 0.2) is 5.96 Å². The Balaban J connectivity index is 1.92. The first-order valence-electron chi connectivity index (χ1n) is 10.0. The van der Waals surface area contributed by atoms with Crippen LogP contribution in [-0.2, 0) is 17.8 Å². The van der Waals surface area contributed by atoms with Crippen molar-refractivity contribution in [1.82, 2.24) is 15.1 Å². The van der Waals surface area contributed by atoms with Gasteiger partial charge in [0, 0.05) is 39.2 Å². The van der Waals surface area contributed by atoms with E-state index in [4.69, 9.17) is 9.73 Å². The van der Waals surface area contributed by atoms with Crippen LogP contribution in [0.15, 0.2) is 29.3 Å². The number of hydrogen-bond donors (Lipinski definition) is 1. The van der Waals surface area contributed by atoms with E-state index in [1.807, 2.05) is 0 Å². The fraction of sp³-hybridized carbons (Fsp3) is 0.667. The van der Waals surface area contributed by atoms with Crippen molar-refractivity contribution in [3.05, 3.63) is 35.4 Å². The fourth-order valence-corrected chi connectivity index (χ4v) is 3.29. The summed E-state index contributed by atoms with van der Waals surface area (Å²) in [5, 5.41) is 3.41. The lowest BCUT2D eigenvalue weighted by atomic mass is 10.1. The number of nitrogens with zero attached hydrogens (tertiary/aromatic N) is 3. The summed E-state index contributed by atoms with van der Waals surface area (Å²) >= 11 is 0. The first-order valence-corrected chi connectivity index (χ1v) is 10.0. The zero-order valence-electron chi connectivity index (χ0n) is 17.0. The molecule has 0 amide bonds. The van der Waals surface area contributed by atoms with E-state index in [0.717, 1.165) is 58.3 Å². The van der Waals surface area contributed by atoms with Gasteiger partial charge in [-0.1, -0.05) is 38.1 Å². The van der Waals surface area contributed by atoms with E-state index in [-0.39, 0.29) is 0 Å².